The normalized spacial score (nSPS) is 17.6. The van der Waals surface area contributed by atoms with E-state index in [1.807, 2.05) is 0 Å². The molecule has 0 unspecified atom stereocenters. The van der Waals surface area contributed by atoms with Gasteiger partial charge in [0, 0.05) is 25.2 Å². The highest BCUT2D eigenvalue weighted by Gasteiger charge is 2.28. The van der Waals surface area contributed by atoms with Crippen molar-refractivity contribution in [2.24, 2.45) is 0 Å². The Morgan fingerprint density at radius 2 is 1.85 bits per heavy atom. The summed E-state index contributed by atoms with van der Waals surface area (Å²) in [5.41, 5.74) is 0.672. The van der Waals surface area contributed by atoms with Gasteiger partial charge >= 0.3 is 0 Å². The number of sulfonamides is 1. The number of aryl methyl sites for hydroxylation is 2. The Bertz CT molecular complexity index is 562. The van der Waals surface area contributed by atoms with Crippen LogP contribution in [0.15, 0.2) is 9.31 Å². The first kappa shape index (κ1) is 15.5. The molecule has 1 aliphatic heterocycles. The molecule has 1 saturated heterocycles. The van der Waals surface area contributed by atoms with E-state index >= 15 is 0 Å². The standard InChI is InChI=1S/C12H21N3O4S/c1-9-11(8-13-3)12(10(2)19-9)20(16,17)14-15-4-6-18-7-5-15/h13-14H,4-8H2,1-3H3. The van der Waals surface area contributed by atoms with Gasteiger partial charge in [0.05, 0.1) is 13.2 Å². The summed E-state index contributed by atoms with van der Waals surface area (Å²) in [6.07, 6.45) is 0. The molecule has 2 rings (SSSR count). The van der Waals surface area contributed by atoms with Gasteiger partial charge in [-0.15, -0.1) is 4.83 Å². The summed E-state index contributed by atoms with van der Waals surface area (Å²) in [4.78, 5) is 2.83. The fourth-order valence-electron chi connectivity index (χ4n) is 2.31. The number of nitrogens with zero attached hydrogens (tertiary/aromatic N) is 1. The average molecular weight is 303 g/mol. The quantitative estimate of drug-likeness (QED) is 0.805. The Morgan fingerprint density at radius 3 is 2.45 bits per heavy atom. The molecule has 0 atom stereocenters. The van der Waals surface area contributed by atoms with Crippen molar-refractivity contribution >= 4 is 10.0 Å². The molecule has 2 heterocycles. The molecular formula is C12H21N3O4S. The first-order valence-corrected chi connectivity index (χ1v) is 8.02. The molecule has 1 aromatic rings. The number of hydrazine groups is 1. The van der Waals surface area contributed by atoms with Crippen LogP contribution in [0.3, 0.4) is 0 Å². The second kappa shape index (κ2) is 6.23. The first-order valence-electron chi connectivity index (χ1n) is 6.54. The number of rotatable bonds is 5. The zero-order valence-corrected chi connectivity index (χ0v) is 12.8. The number of nitrogens with one attached hydrogen (secondary N) is 2. The maximum absolute atomic E-state index is 12.5. The van der Waals surface area contributed by atoms with E-state index < -0.39 is 10.0 Å². The second-order valence-electron chi connectivity index (χ2n) is 4.75. The van der Waals surface area contributed by atoms with Crippen LogP contribution in [-0.2, 0) is 21.3 Å². The molecule has 0 radical (unpaired) electrons. The second-order valence-corrected chi connectivity index (χ2v) is 6.34. The number of furan rings is 1. The maximum atomic E-state index is 12.5. The van der Waals surface area contributed by atoms with E-state index in [-0.39, 0.29) is 4.90 Å². The lowest BCUT2D eigenvalue weighted by Gasteiger charge is -2.26. The van der Waals surface area contributed by atoms with E-state index in [2.05, 4.69) is 10.1 Å². The molecule has 0 aromatic carbocycles. The van der Waals surface area contributed by atoms with E-state index in [0.29, 0.717) is 49.9 Å². The van der Waals surface area contributed by atoms with E-state index in [0.717, 1.165) is 0 Å². The Balaban J connectivity index is 2.28. The predicted molar refractivity (Wildman–Crippen MR) is 73.7 cm³/mol. The van der Waals surface area contributed by atoms with Crippen molar-refractivity contribution < 1.29 is 17.6 Å². The van der Waals surface area contributed by atoms with Crippen molar-refractivity contribution in [2.75, 3.05) is 33.4 Å². The number of hydrogen-bond acceptors (Lipinski definition) is 6. The van der Waals surface area contributed by atoms with Crippen molar-refractivity contribution in [3.63, 3.8) is 0 Å². The highest BCUT2D eigenvalue weighted by molar-refractivity contribution is 7.89. The predicted octanol–water partition coefficient (Wildman–Crippen LogP) is 0.141. The van der Waals surface area contributed by atoms with Gasteiger partial charge in [-0.1, -0.05) is 0 Å². The largest absolute Gasteiger partial charge is 0.465 e. The van der Waals surface area contributed by atoms with Crippen LogP contribution in [-0.4, -0.2) is 46.8 Å². The average Bonchev–Trinajstić information content (AvgIpc) is 2.66. The third-order valence-corrected chi connectivity index (χ3v) is 4.78. The van der Waals surface area contributed by atoms with Gasteiger partial charge in [-0.25, -0.2) is 13.4 Å². The summed E-state index contributed by atoms with van der Waals surface area (Å²) in [6.45, 7) is 6.01. The van der Waals surface area contributed by atoms with E-state index in [9.17, 15) is 8.42 Å². The summed E-state index contributed by atoms with van der Waals surface area (Å²) in [6, 6.07) is 0. The molecule has 0 bridgehead atoms. The lowest BCUT2D eigenvalue weighted by atomic mass is 10.2. The summed E-state index contributed by atoms with van der Waals surface area (Å²) in [5, 5.41) is 4.62. The van der Waals surface area contributed by atoms with Gasteiger partial charge < -0.3 is 14.5 Å². The van der Waals surface area contributed by atoms with Gasteiger partial charge in [0.25, 0.3) is 10.0 Å². The molecule has 1 aliphatic rings. The SMILES string of the molecule is CNCc1c(C)oc(C)c1S(=O)(=O)NN1CCOCC1. The molecule has 1 aromatic heterocycles. The lowest BCUT2D eigenvalue weighted by molar-refractivity contribution is 0.0272. The molecule has 0 amide bonds. The molecule has 8 heteroatoms. The highest BCUT2D eigenvalue weighted by atomic mass is 32.2. The molecule has 0 spiro atoms. The van der Waals surface area contributed by atoms with E-state index in [4.69, 9.17) is 9.15 Å². The smallest absolute Gasteiger partial charge is 0.257 e. The van der Waals surface area contributed by atoms with Crippen LogP contribution >= 0.6 is 0 Å². The Morgan fingerprint density at radius 1 is 1.20 bits per heavy atom. The topological polar surface area (TPSA) is 83.8 Å². The van der Waals surface area contributed by atoms with Crippen molar-refractivity contribution in [2.45, 2.75) is 25.3 Å². The monoisotopic (exact) mass is 303 g/mol. The van der Waals surface area contributed by atoms with E-state index in [1.165, 1.54) is 0 Å². The van der Waals surface area contributed by atoms with Crippen LogP contribution in [0.25, 0.3) is 0 Å². The molecule has 7 nitrogen and oxygen atoms in total. The minimum Gasteiger partial charge on any atom is -0.465 e. The third-order valence-electron chi connectivity index (χ3n) is 3.21. The van der Waals surface area contributed by atoms with E-state index in [1.54, 1.807) is 25.9 Å². The number of ether oxygens (including phenoxy) is 1. The van der Waals surface area contributed by atoms with Gasteiger partial charge in [0.2, 0.25) is 0 Å². The molecule has 2 N–H and O–H groups in total. The van der Waals surface area contributed by atoms with Crippen LogP contribution in [0, 0.1) is 13.8 Å². The lowest BCUT2D eigenvalue weighted by Crippen LogP contribution is -2.48. The van der Waals surface area contributed by atoms with Crippen molar-refractivity contribution in [3.05, 3.63) is 17.1 Å². The summed E-state index contributed by atoms with van der Waals surface area (Å²) >= 11 is 0. The van der Waals surface area contributed by atoms with Gasteiger partial charge in [0.1, 0.15) is 16.4 Å². The highest BCUT2D eigenvalue weighted by Crippen LogP contribution is 2.26. The Kier molecular flexibility index (Phi) is 4.82. The third kappa shape index (κ3) is 3.21. The van der Waals surface area contributed by atoms with Gasteiger partial charge in [-0.05, 0) is 20.9 Å². The Labute approximate surface area is 119 Å². The van der Waals surface area contributed by atoms with Crippen molar-refractivity contribution in [1.29, 1.82) is 0 Å². The zero-order valence-electron chi connectivity index (χ0n) is 12.0. The summed E-state index contributed by atoms with van der Waals surface area (Å²) in [5.74, 6) is 1.03. The molecule has 1 fully saturated rings. The maximum Gasteiger partial charge on any atom is 0.257 e. The molecule has 20 heavy (non-hydrogen) atoms. The summed E-state index contributed by atoms with van der Waals surface area (Å²) in [7, 11) is -1.86. The zero-order chi connectivity index (χ0) is 14.8. The molecule has 0 aliphatic carbocycles. The minimum atomic E-state index is -3.64. The molecule has 114 valence electrons. The molecule has 0 saturated carbocycles. The first-order chi connectivity index (χ1) is 9.45. The van der Waals surface area contributed by atoms with Crippen LogP contribution < -0.4 is 10.1 Å². The Hall–Kier alpha value is -0.930. The van der Waals surface area contributed by atoms with Crippen molar-refractivity contribution in [3.8, 4) is 0 Å². The van der Waals surface area contributed by atoms with Crippen molar-refractivity contribution in [1.82, 2.24) is 15.2 Å². The number of morpholine rings is 1. The van der Waals surface area contributed by atoms with Gasteiger partial charge in [-0.3, -0.25) is 0 Å². The minimum absolute atomic E-state index is 0.232. The van der Waals surface area contributed by atoms with Crippen LogP contribution in [0.4, 0.5) is 0 Å². The van der Waals surface area contributed by atoms with Gasteiger partial charge in [-0.2, -0.15) is 0 Å². The van der Waals surface area contributed by atoms with Crippen LogP contribution in [0.2, 0.25) is 0 Å². The fraction of sp³-hybridized carbons (Fsp3) is 0.667. The fourth-order valence-corrected chi connectivity index (χ4v) is 3.89. The summed E-state index contributed by atoms with van der Waals surface area (Å²) < 4.78 is 35.8. The number of hydrogen-bond donors (Lipinski definition) is 2. The molecular weight excluding hydrogens is 282 g/mol. The van der Waals surface area contributed by atoms with Gasteiger partial charge in [0.15, 0.2) is 0 Å². The van der Waals surface area contributed by atoms with Crippen LogP contribution in [0.5, 0.6) is 0 Å². The van der Waals surface area contributed by atoms with Crippen LogP contribution in [0.1, 0.15) is 17.1 Å².